The Hall–Kier alpha value is 0.394. The average Bonchev–Trinajstić information content (AvgIpc) is 2.40. The predicted molar refractivity (Wildman–Crippen MR) is 103 cm³/mol. The van der Waals surface area contributed by atoms with Gasteiger partial charge < -0.3 is 4.12 Å². The Bertz CT molecular complexity index is 185. The third-order valence-corrected chi connectivity index (χ3v) is 16.6. The summed E-state index contributed by atoms with van der Waals surface area (Å²) in [6.07, 6.45) is 7.92. The van der Waals surface area contributed by atoms with Crippen LogP contribution in [0.3, 0.4) is 0 Å². The molecule has 128 valence electrons. The van der Waals surface area contributed by atoms with E-state index < -0.39 is 16.6 Å². The average molecular weight is 331 g/mol. The van der Waals surface area contributed by atoms with Crippen LogP contribution in [0.2, 0.25) is 36.3 Å². The molecule has 3 heteroatoms. The van der Waals surface area contributed by atoms with Gasteiger partial charge in [0.1, 0.15) is 0 Å². The molecule has 0 fully saturated rings. The Morgan fingerprint density at radius 1 is 0.429 bits per heavy atom. The summed E-state index contributed by atoms with van der Waals surface area (Å²) in [5.74, 6) is 0. The fourth-order valence-corrected chi connectivity index (χ4v) is 17.3. The van der Waals surface area contributed by atoms with Crippen molar-refractivity contribution in [3.63, 3.8) is 0 Å². The minimum atomic E-state index is -1.48. The molecule has 0 unspecified atom stereocenters. The highest BCUT2D eigenvalue weighted by molar-refractivity contribution is 6.87. The Morgan fingerprint density at radius 3 is 0.762 bits per heavy atom. The standard InChI is InChI=1S/C18H42OSi2/c1-7-13-20(14-8-2,15-9-3)19-21(16-10-4,17-11-5)18-12-6/h7-18H2,1-6H3. The van der Waals surface area contributed by atoms with E-state index in [9.17, 15) is 0 Å². The maximum atomic E-state index is 7.35. The highest BCUT2D eigenvalue weighted by atomic mass is 28.4. The largest absolute Gasteiger partial charge is 0.455 e. The molecule has 0 amide bonds. The van der Waals surface area contributed by atoms with Gasteiger partial charge in [-0.3, -0.25) is 0 Å². The third kappa shape index (κ3) is 7.47. The van der Waals surface area contributed by atoms with E-state index in [2.05, 4.69) is 41.5 Å². The second kappa shape index (κ2) is 11.9. The van der Waals surface area contributed by atoms with Crippen molar-refractivity contribution in [1.29, 1.82) is 0 Å². The summed E-state index contributed by atoms with van der Waals surface area (Å²) >= 11 is 0. The van der Waals surface area contributed by atoms with E-state index in [1.165, 1.54) is 74.8 Å². The summed E-state index contributed by atoms with van der Waals surface area (Å²) < 4.78 is 7.35. The zero-order valence-electron chi connectivity index (χ0n) is 15.9. The molecule has 0 saturated heterocycles. The van der Waals surface area contributed by atoms with Gasteiger partial charge in [0.2, 0.25) is 0 Å². The third-order valence-electron chi connectivity index (χ3n) is 4.67. The van der Waals surface area contributed by atoms with Crippen molar-refractivity contribution in [2.24, 2.45) is 0 Å². The highest BCUT2D eigenvalue weighted by Gasteiger charge is 2.42. The van der Waals surface area contributed by atoms with E-state index >= 15 is 0 Å². The van der Waals surface area contributed by atoms with Gasteiger partial charge in [-0.05, 0) is 36.3 Å². The first-order valence-corrected chi connectivity index (χ1v) is 14.8. The van der Waals surface area contributed by atoms with E-state index in [4.69, 9.17) is 4.12 Å². The van der Waals surface area contributed by atoms with Crippen LogP contribution in [-0.4, -0.2) is 16.6 Å². The molecule has 0 atom stereocenters. The Kier molecular flexibility index (Phi) is 12.1. The number of hydrogen-bond donors (Lipinski definition) is 0. The minimum absolute atomic E-state index is 1.32. The molecule has 0 saturated carbocycles. The lowest BCUT2D eigenvalue weighted by molar-refractivity contribution is 0.487. The maximum Gasteiger partial charge on any atom is 0.179 e. The van der Waals surface area contributed by atoms with Crippen LogP contribution in [0.25, 0.3) is 0 Å². The molecule has 0 aromatic carbocycles. The number of rotatable bonds is 14. The fourth-order valence-electron chi connectivity index (χ4n) is 4.25. The monoisotopic (exact) mass is 330 g/mol. The molecule has 0 aliphatic rings. The van der Waals surface area contributed by atoms with Crippen LogP contribution in [-0.2, 0) is 4.12 Å². The van der Waals surface area contributed by atoms with Crippen molar-refractivity contribution in [2.75, 3.05) is 0 Å². The zero-order chi connectivity index (χ0) is 16.2. The second-order valence-corrected chi connectivity index (χ2v) is 15.5. The first-order chi connectivity index (χ1) is 10.1. The van der Waals surface area contributed by atoms with E-state index in [1.54, 1.807) is 0 Å². The quantitative estimate of drug-likeness (QED) is 0.302. The first-order valence-electron chi connectivity index (χ1n) is 9.77. The van der Waals surface area contributed by atoms with Gasteiger partial charge in [0.05, 0.1) is 0 Å². The summed E-state index contributed by atoms with van der Waals surface area (Å²) in [7, 11) is -2.96. The van der Waals surface area contributed by atoms with Crippen LogP contribution in [0.5, 0.6) is 0 Å². The van der Waals surface area contributed by atoms with Gasteiger partial charge in [-0.2, -0.15) is 0 Å². The molecular formula is C18H42OSi2. The van der Waals surface area contributed by atoms with Crippen LogP contribution in [0.1, 0.15) is 80.1 Å². The summed E-state index contributed by atoms with van der Waals surface area (Å²) in [4.78, 5) is 0. The summed E-state index contributed by atoms with van der Waals surface area (Å²) in [5.41, 5.74) is 0. The van der Waals surface area contributed by atoms with Gasteiger partial charge >= 0.3 is 0 Å². The van der Waals surface area contributed by atoms with E-state index in [0.29, 0.717) is 0 Å². The SMILES string of the molecule is CCC[Si](CCC)(CCC)O[Si](CCC)(CCC)CCC. The lowest BCUT2D eigenvalue weighted by Gasteiger charge is -2.43. The Morgan fingerprint density at radius 2 is 0.619 bits per heavy atom. The van der Waals surface area contributed by atoms with Crippen LogP contribution in [0.4, 0.5) is 0 Å². The lowest BCUT2D eigenvalue weighted by atomic mass is 10.6. The molecule has 21 heavy (non-hydrogen) atoms. The van der Waals surface area contributed by atoms with Crippen molar-refractivity contribution in [1.82, 2.24) is 0 Å². The minimum Gasteiger partial charge on any atom is -0.455 e. The van der Waals surface area contributed by atoms with Gasteiger partial charge in [0.15, 0.2) is 16.6 Å². The number of hydrogen-bond acceptors (Lipinski definition) is 1. The summed E-state index contributed by atoms with van der Waals surface area (Å²) in [6.45, 7) is 14.2. The van der Waals surface area contributed by atoms with Crippen molar-refractivity contribution in [3.05, 3.63) is 0 Å². The fraction of sp³-hybridized carbons (Fsp3) is 1.00. The van der Waals surface area contributed by atoms with Gasteiger partial charge in [-0.1, -0.05) is 80.1 Å². The second-order valence-electron chi connectivity index (χ2n) is 6.97. The zero-order valence-corrected chi connectivity index (χ0v) is 17.9. The molecule has 0 heterocycles. The molecule has 0 bridgehead atoms. The molecule has 1 nitrogen and oxygen atoms in total. The molecule has 0 aromatic heterocycles. The van der Waals surface area contributed by atoms with Crippen molar-refractivity contribution < 1.29 is 4.12 Å². The van der Waals surface area contributed by atoms with Crippen molar-refractivity contribution in [2.45, 2.75) is 116 Å². The van der Waals surface area contributed by atoms with Gasteiger partial charge in [0.25, 0.3) is 0 Å². The summed E-state index contributed by atoms with van der Waals surface area (Å²) in [6, 6.07) is 8.42. The topological polar surface area (TPSA) is 9.23 Å². The molecule has 0 aromatic rings. The van der Waals surface area contributed by atoms with Gasteiger partial charge in [0, 0.05) is 0 Å². The first kappa shape index (κ1) is 21.4. The smallest absolute Gasteiger partial charge is 0.179 e. The van der Waals surface area contributed by atoms with Crippen LogP contribution in [0.15, 0.2) is 0 Å². The molecule has 0 N–H and O–H groups in total. The maximum absolute atomic E-state index is 7.35. The van der Waals surface area contributed by atoms with Crippen molar-refractivity contribution >= 4 is 16.6 Å². The molecule has 0 aliphatic heterocycles. The molecule has 0 radical (unpaired) electrons. The van der Waals surface area contributed by atoms with Crippen LogP contribution in [0, 0.1) is 0 Å². The normalized spacial score (nSPS) is 12.9. The molecular weight excluding hydrogens is 288 g/mol. The summed E-state index contributed by atoms with van der Waals surface area (Å²) in [5, 5.41) is 0. The lowest BCUT2D eigenvalue weighted by Crippen LogP contribution is -2.51. The van der Waals surface area contributed by atoms with Crippen LogP contribution < -0.4 is 0 Å². The van der Waals surface area contributed by atoms with Gasteiger partial charge in [-0.25, -0.2) is 0 Å². The van der Waals surface area contributed by atoms with E-state index in [1.807, 2.05) is 0 Å². The Labute approximate surface area is 137 Å². The molecule has 0 aliphatic carbocycles. The molecule has 0 spiro atoms. The van der Waals surface area contributed by atoms with E-state index in [0.717, 1.165) is 0 Å². The van der Waals surface area contributed by atoms with Gasteiger partial charge in [-0.15, -0.1) is 0 Å². The van der Waals surface area contributed by atoms with Crippen molar-refractivity contribution in [3.8, 4) is 0 Å². The highest BCUT2D eigenvalue weighted by Crippen LogP contribution is 2.37. The predicted octanol–water partition coefficient (Wildman–Crippen LogP) is 7.35. The van der Waals surface area contributed by atoms with Crippen LogP contribution >= 0.6 is 0 Å². The molecule has 0 rings (SSSR count). The van der Waals surface area contributed by atoms with E-state index in [-0.39, 0.29) is 0 Å². The Balaban J connectivity index is 5.30.